The Morgan fingerprint density at radius 1 is 1.12 bits per heavy atom. The summed E-state index contributed by atoms with van der Waals surface area (Å²) in [5.41, 5.74) is 2.25. The van der Waals surface area contributed by atoms with E-state index in [1.165, 1.54) is 18.9 Å². The molecule has 3 aromatic rings. The summed E-state index contributed by atoms with van der Waals surface area (Å²) in [6, 6.07) is 24.5. The van der Waals surface area contributed by atoms with Crippen LogP contribution in [0.2, 0.25) is 0 Å². The maximum atomic E-state index is 13.4. The molecule has 6 nitrogen and oxygen atoms in total. The first-order valence-corrected chi connectivity index (χ1v) is 11.5. The van der Waals surface area contributed by atoms with Crippen molar-refractivity contribution in [3.8, 4) is 17.6 Å². The third-order valence-electron chi connectivity index (χ3n) is 4.63. The van der Waals surface area contributed by atoms with E-state index in [9.17, 15) is 4.79 Å². The van der Waals surface area contributed by atoms with Crippen molar-refractivity contribution in [3.05, 3.63) is 87.7 Å². The maximum absolute atomic E-state index is 13.4. The van der Waals surface area contributed by atoms with Crippen molar-refractivity contribution >= 4 is 56.2 Å². The molecule has 164 valence electrons. The standard InChI is InChI=1S/C25H18BrN3O3S/c1-31-21-15-17(14-20(26)23(21)32-13-12-27)16-22-24(30)29(19-10-6-3-7-11-19)25(33-22)28-18-8-4-2-5-9-18/h2-11,14-16H,13H2,1H3/b22-16-,28-25?. The molecule has 4 rings (SSSR count). The summed E-state index contributed by atoms with van der Waals surface area (Å²) in [7, 11) is 1.52. The van der Waals surface area contributed by atoms with Crippen molar-refractivity contribution in [1.29, 1.82) is 5.26 Å². The van der Waals surface area contributed by atoms with Crippen LogP contribution in [0.4, 0.5) is 11.4 Å². The molecule has 0 atom stereocenters. The molecule has 1 heterocycles. The lowest BCUT2D eigenvalue weighted by Gasteiger charge is -2.15. The summed E-state index contributed by atoms with van der Waals surface area (Å²) in [4.78, 5) is 20.3. The number of para-hydroxylation sites is 2. The van der Waals surface area contributed by atoms with E-state index in [1.807, 2.05) is 72.8 Å². The molecular weight excluding hydrogens is 502 g/mol. The van der Waals surface area contributed by atoms with Crippen LogP contribution in [0, 0.1) is 11.3 Å². The molecule has 1 aliphatic heterocycles. The van der Waals surface area contributed by atoms with E-state index < -0.39 is 0 Å². The number of amides is 1. The molecule has 0 radical (unpaired) electrons. The molecular formula is C25H18BrN3O3S. The van der Waals surface area contributed by atoms with Gasteiger partial charge in [0.2, 0.25) is 0 Å². The summed E-state index contributed by atoms with van der Waals surface area (Å²) in [5, 5.41) is 9.38. The fourth-order valence-electron chi connectivity index (χ4n) is 3.19. The third-order valence-corrected chi connectivity index (χ3v) is 6.19. The summed E-state index contributed by atoms with van der Waals surface area (Å²) < 4.78 is 11.5. The molecule has 1 aliphatic rings. The molecule has 0 aromatic heterocycles. The predicted molar refractivity (Wildman–Crippen MR) is 135 cm³/mol. The van der Waals surface area contributed by atoms with E-state index in [0.29, 0.717) is 26.0 Å². The second-order valence-electron chi connectivity index (χ2n) is 6.80. The number of amidine groups is 1. The molecule has 1 amide bonds. The highest BCUT2D eigenvalue weighted by Crippen LogP contribution is 2.40. The Hall–Kier alpha value is -3.54. The van der Waals surface area contributed by atoms with Crippen LogP contribution in [0.3, 0.4) is 0 Å². The van der Waals surface area contributed by atoms with Gasteiger partial charge < -0.3 is 9.47 Å². The van der Waals surface area contributed by atoms with Crippen molar-refractivity contribution in [1.82, 2.24) is 0 Å². The first-order chi connectivity index (χ1) is 16.1. The average molecular weight is 520 g/mol. The van der Waals surface area contributed by atoms with E-state index in [0.717, 1.165) is 16.9 Å². The van der Waals surface area contributed by atoms with Gasteiger partial charge in [-0.15, -0.1) is 0 Å². The number of anilines is 1. The number of nitriles is 1. The quantitative estimate of drug-likeness (QED) is 0.364. The minimum atomic E-state index is -0.166. The van der Waals surface area contributed by atoms with Gasteiger partial charge in [0.15, 0.2) is 23.3 Å². The van der Waals surface area contributed by atoms with Gasteiger partial charge in [-0.25, -0.2) is 4.99 Å². The number of rotatable bonds is 6. The van der Waals surface area contributed by atoms with E-state index in [4.69, 9.17) is 19.7 Å². The monoisotopic (exact) mass is 519 g/mol. The Labute approximate surface area is 204 Å². The van der Waals surface area contributed by atoms with E-state index in [1.54, 1.807) is 17.0 Å². The van der Waals surface area contributed by atoms with Gasteiger partial charge in [-0.1, -0.05) is 36.4 Å². The molecule has 0 saturated carbocycles. The predicted octanol–water partition coefficient (Wildman–Crippen LogP) is 6.17. The first-order valence-electron chi connectivity index (χ1n) is 9.91. The smallest absolute Gasteiger partial charge is 0.271 e. The maximum Gasteiger partial charge on any atom is 0.271 e. The number of carbonyl (C=O) groups excluding carboxylic acids is 1. The Morgan fingerprint density at radius 3 is 2.48 bits per heavy atom. The molecule has 1 fully saturated rings. The molecule has 33 heavy (non-hydrogen) atoms. The molecule has 3 aromatic carbocycles. The van der Waals surface area contributed by atoms with Gasteiger partial charge in [0, 0.05) is 0 Å². The zero-order valence-electron chi connectivity index (χ0n) is 17.6. The second kappa shape index (κ2) is 10.4. The number of thioether (sulfide) groups is 1. The fraction of sp³-hybridized carbons (Fsp3) is 0.0800. The van der Waals surface area contributed by atoms with Crippen molar-refractivity contribution in [2.75, 3.05) is 18.6 Å². The van der Waals surface area contributed by atoms with Gasteiger partial charge in [0.25, 0.3) is 5.91 Å². The Bertz CT molecular complexity index is 1270. The van der Waals surface area contributed by atoms with Crippen LogP contribution < -0.4 is 14.4 Å². The second-order valence-corrected chi connectivity index (χ2v) is 8.66. The molecule has 0 aliphatic carbocycles. The van der Waals surface area contributed by atoms with Crippen LogP contribution in [-0.2, 0) is 4.79 Å². The van der Waals surface area contributed by atoms with E-state index in [2.05, 4.69) is 15.9 Å². The zero-order chi connectivity index (χ0) is 23.2. The van der Waals surface area contributed by atoms with Crippen molar-refractivity contribution in [2.45, 2.75) is 0 Å². The van der Waals surface area contributed by atoms with E-state index >= 15 is 0 Å². The summed E-state index contributed by atoms with van der Waals surface area (Å²) in [6.45, 7) is -0.102. The molecule has 0 bridgehead atoms. The number of hydrogen-bond acceptors (Lipinski definition) is 6. The number of benzene rings is 3. The average Bonchev–Trinajstić information content (AvgIpc) is 3.13. The Morgan fingerprint density at radius 2 is 1.82 bits per heavy atom. The number of methoxy groups -OCH3 is 1. The summed E-state index contributed by atoms with van der Waals surface area (Å²) in [6.07, 6.45) is 1.79. The normalized spacial score (nSPS) is 15.7. The number of aliphatic imine (C=N–C) groups is 1. The molecule has 0 spiro atoms. The van der Waals surface area contributed by atoms with Crippen LogP contribution in [0.5, 0.6) is 11.5 Å². The van der Waals surface area contributed by atoms with Crippen LogP contribution >= 0.6 is 27.7 Å². The minimum absolute atomic E-state index is 0.102. The number of carbonyl (C=O) groups is 1. The molecule has 1 saturated heterocycles. The van der Waals surface area contributed by atoms with E-state index in [-0.39, 0.29) is 12.5 Å². The first kappa shape index (κ1) is 22.6. The third kappa shape index (κ3) is 5.11. The van der Waals surface area contributed by atoms with Gasteiger partial charge in [-0.2, -0.15) is 5.26 Å². The summed E-state index contributed by atoms with van der Waals surface area (Å²) >= 11 is 4.77. The van der Waals surface area contributed by atoms with Crippen LogP contribution in [0.15, 0.2) is 87.2 Å². The SMILES string of the molecule is COc1cc(/C=C2\SC(=Nc3ccccc3)N(c3ccccc3)C2=O)cc(Br)c1OCC#N. The van der Waals surface area contributed by atoms with Crippen LogP contribution in [-0.4, -0.2) is 24.8 Å². The number of hydrogen-bond donors (Lipinski definition) is 0. The highest BCUT2D eigenvalue weighted by atomic mass is 79.9. The van der Waals surface area contributed by atoms with Crippen LogP contribution in [0.1, 0.15) is 5.56 Å². The lowest BCUT2D eigenvalue weighted by Crippen LogP contribution is -2.28. The number of nitrogens with zero attached hydrogens (tertiary/aromatic N) is 3. The molecule has 0 unspecified atom stereocenters. The number of ether oxygens (including phenoxy) is 2. The number of halogens is 1. The van der Waals surface area contributed by atoms with Gasteiger partial charge in [0.05, 0.1) is 27.9 Å². The lowest BCUT2D eigenvalue weighted by atomic mass is 10.1. The topological polar surface area (TPSA) is 74.9 Å². The highest BCUT2D eigenvalue weighted by molar-refractivity contribution is 9.10. The van der Waals surface area contributed by atoms with Crippen molar-refractivity contribution in [3.63, 3.8) is 0 Å². The zero-order valence-corrected chi connectivity index (χ0v) is 20.0. The lowest BCUT2D eigenvalue weighted by molar-refractivity contribution is -0.113. The van der Waals surface area contributed by atoms with Crippen LogP contribution in [0.25, 0.3) is 6.08 Å². The van der Waals surface area contributed by atoms with Crippen molar-refractivity contribution in [2.24, 2.45) is 4.99 Å². The fourth-order valence-corrected chi connectivity index (χ4v) is 4.76. The van der Waals surface area contributed by atoms with Gasteiger partial charge >= 0.3 is 0 Å². The highest BCUT2D eigenvalue weighted by Gasteiger charge is 2.34. The minimum Gasteiger partial charge on any atom is -0.493 e. The molecule has 0 N–H and O–H groups in total. The largest absolute Gasteiger partial charge is 0.493 e. The molecule has 8 heteroatoms. The van der Waals surface area contributed by atoms with Gasteiger partial charge in [-0.3, -0.25) is 9.69 Å². The summed E-state index contributed by atoms with van der Waals surface area (Å²) in [5.74, 6) is 0.727. The Balaban J connectivity index is 1.74. The van der Waals surface area contributed by atoms with Gasteiger partial charge in [-0.05, 0) is 75.7 Å². The van der Waals surface area contributed by atoms with Crippen molar-refractivity contribution < 1.29 is 14.3 Å². The Kier molecular flexibility index (Phi) is 7.13. The van der Waals surface area contributed by atoms with Gasteiger partial charge in [0.1, 0.15) is 6.07 Å².